The van der Waals surface area contributed by atoms with Crippen molar-refractivity contribution in [3.05, 3.63) is 63.4 Å². The first-order valence-corrected chi connectivity index (χ1v) is 6.67. The van der Waals surface area contributed by atoms with Crippen molar-refractivity contribution in [2.24, 2.45) is 5.73 Å². The molecule has 2 aromatic rings. The topological polar surface area (TPSA) is 35.2 Å². The summed E-state index contributed by atoms with van der Waals surface area (Å²) >= 11 is 3.44. The Morgan fingerprint density at radius 1 is 1.16 bits per heavy atom. The molecule has 0 aliphatic rings. The Kier molecular flexibility index (Phi) is 4.22. The van der Waals surface area contributed by atoms with Gasteiger partial charge in [0.15, 0.2) is 0 Å². The quantitative estimate of drug-likeness (QED) is 0.928. The van der Waals surface area contributed by atoms with Crippen molar-refractivity contribution in [1.29, 1.82) is 0 Å². The van der Waals surface area contributed by atoms with Crippen LogP contribution in [0.3, 0.4) is 0 Å². The van der Waals surface area contributed by atoms with Crippen LogP contribution in [-0.4, -0.2) is 7.11 Å². The van der Waals surface area contributed by atoms with Crippen LogP contribution in [0.5, 0.6) is 5.75 Å². The van der Waals surface area contributed by atoms with Crippen LogP contribution in [0.25, 0.3) is 0 Å². The van der Waals surface area contributed by atoms with Crippen molar-refractivity contribution >= 4 is 15.9 Å². The van der Waals surface area contributed by atoms with Crippen molar-refractivity contribution in [1.82, 2.24) is 0 Å². The lowest BCUT2D eigenvalue weighted by Crippen LogP contribution is -2.14. The highest BCUT2D eigenvalue weighted by Crippen LogP contribution is 2.31. The molecule has 2 aromatic carbocycles. The average molecular weight is 324 g/mol. The zero-order valence-corrected chi connectivity index (χ0v) is 12.4. The lowest BCUT2D eigenvalue weighted by molar-refractivity contribution is 0.414. The molecule has 0 heterocycles. The van der Waals surface area contributed by atoms with E-state index in [1.807, 2.05) is 31.2 Å². The summed E-state index contributed by atoms with van der Waals surface area (Å²) in [5.41, 5.74) is 8.33. The van der Waals surface area contributed by atoms with E-state index < -0.39 is 6.04 Å². The second-order valence-electron chi connectivity index (χ2n) is 4.39. The zero-order valence-electron chi connectivity index (χ0n) is 10.8. The third-order valence-electron chi connectivity index (χ3n) is 3.03. The van der Waals surface area contributed by atoms with Gasteiger partial charge in [-0.05, 0) is 36.2 Å². The summed E-state index contributed by atoms with van der Waals surface area (Å²) in [6, 6.07) is 10.0. The molecule has 4 heteroatoms. The van der Waals surface area contributed by atoms with Gasteiger partial charge in [-0.2, -0.15) is 0 Å². The first kappa shape index (κ1) is 14.0. The summed E-state index contributed by atoms with van der Waals surface area (Å²) in [4.78, 5) is 0. The minimum Gasteiger partial charge on any atom is -0.497 e. The number of rotatable bonds is 3. The van der Waals surface area contributed by atoms with E-state index >= 15 is 0 Å². The van der Waals surface area contributed by atoms with Gasteiger partial charge in [0, 0.05) is 10.0 Å². The molecule has 0 amide bonds. The standard InChI is InChI=1S/C15H15BrFNO/c1-9-3-5-12(14(17)7-9)15(18)11-6-4-10(19-2)8-13(11)16/h3-8,15H,18H2,1-2H3. The van der Waals surface area contributed by atoms with E-state index in [1.165, 1.54) is 6.07 Å². The Labute approximate surface area is 120 Å². The molecular weight excluding hydrogens is 309 g/mol. The average Bonchev–Trinajstić information content (AvgIpc) is 2.37. The Bertz CT molecular complexity index is 601. The maximum absolute atomic E-state index is 13.9. The summed E-state index contributed by atoms with van der Waals surface area (Å²) in [6.07, 6.45) is 0. The van der Waals surface area contributed by atoms with Gasteiger partial charge < -0.3 is 10.5 Å². The van der Waals surface area contributed by atoms with Gasteiger partial charge in [-0.1, -0.05) is 34.1 Å². The highest BCUT2D eigenvalue weighted by Gasteiger charge is 2.16. The predicted molar refractivity (Wildman–Crippen MR) is 77.9 cm³/mol. The van der Waals surface area contributed by atoms with E-state index in [-0.39, 0.29) is 5.82 Å². The maximum Gasteiger partial charge on any atom is 0.128 e. The Hall–Kier alpha value is -1.39. The van der Waals surface area contributed by atoms with Crippen molar-refractivity contribution in [2.45, 2.75) is 13.0 Å². The normalized spacial score (nSPS) is 12.3. The fraction of sp³-hybridized carbons (Fsp3) is 0.200. The number of nitrogens with two attached hydrogens (primary N) is 1. The first-order valence-electron chi connectivity index (χ1n) is 5.88. The highest BCUT2D eigenvalue weighted by molar-refractivity contribution is 9.10. The molecular formula is C15H15BrFNO. The van der Waals surface area contributed by atoms with E-state index in [2.05, 4.69) is 15.9 Å². The van der Waals surface area contributed by atoms with E-state index in [1.54, 1.807) is 13.2 Å². The molecule has 19 heavy (non-hydrogen) atoms. The van der Waals surface area contributed by atoms with Gasteiger partial charge in [-0.15, -0.1) is 0 Å². The Morgan fingerprint density at radius 3 is 2.42 bits per heavy atom. The van der Waals surface area contributed by atoms with Crippen LogP contribution in [0.2, 0.25) is 0 Å². The maximum atomic E-state index is 13.9. The van der Waals surface area contributed by atoms with Gasteiger partial charge in [-0.3, -0.25) is 0 Å². The second kappa shape index (κ2) is 5.72. The molecule has 0 aromatic heterocycles. The van der Waals surface area contributed by atoms with Crippen LogP contribution in [-0.2, 0) is 0 Å². The molecule has 2 rings (SSSR count). The molecule has 0 saturated heterocycles. The fourth-order valence-corrected chi connectivity index (χ4v) is 2.54. The Morgan fingerprint density at radius 2 is 1.84 bits per heavy atom. The first-order chi connectivity index (χ1) is 9.02. The predicted octanol–water partition coefficient (Wildman–Crippen LogP) is 3.95. The van der Waals surface area contributed by atoms with Crippen molar-refractivity contribution in [3.63, 3.8) is 0 Å². The monoisotopic (exact) mass is 323 g/mol. The molecule has 0 spiro atoms. The molecule has 0 saturated carbocycles. The molecule has 0 aliphatic heterocycles. The van der Waals surface area contributed by atoms with Gasteiger partial charge in [0.25, 0.3) is 0 Å². The number of hydrogen-bond acceptors (Lipinski definition) is 2. The summed E-state index contributed by atoms with van der Waals surface area (Å²) in [6.45, 7) is 1.85. The summed E-state index contributed by atoms with van der Waals surface area (Å²) < 4.78 is 19.9. The van der Waals surface area contributed by atoms with E-state index in [9.17, 15) is 4.39 Å². The van der Waals surface area contributed by atoms with Crippen molar-refractivity contribution in [2.75, 3.05) is 7.11 Å². The van der Waals surface area contributed by atoms with Crippen LogP contribution >= 0.6 is 15.9 Å². The van der Waals surface area contributed by atoms with Crippen LogP contribution in [0.4, 0.5) is 4.39 Å². The van der Waals surface area contributed by atoms with Gasteiger partial charge in [0.2, 0.25) is 0 Å². The second-order valence-corrected chi connectivity index (χ2v) is 5.24. The van der Waals surface area contributed by atoms with Crippen molar-refractivity contribution < 1.29 is 9.13 Å². The van der Waals surface area contributed by atoms with E-state index in [0.29, 0.717) is 5.56 Å². The molecule has 100 valence electrons. The highest BCUT2D eigenvalue weighted by atomic mass is 79.9. The fourth-order valence-electron chi connectivity index (χ4n) is 1.94. The number of ether oxygens (including phenoxy) is 1. The smallest absolute Gasteiger partial charge is 0.128 e. The Balaban J connectivity index is 2.41. The third kappa shape index (κ3) is 2.96. The number of methoxy groups -OCH3 is 1. The van der Waals surface area contributed by atoms with Crippen molar-refractivity contribution in [3.8, 4) is 5.75 Å². The summed E-state index contributed by atoms with van der Waals surface area (Å²) in [7, 11) is 1.60. The minimum atomic E-state index is -0.513. The number of hydrogen-bond donors (Lipinski definition) is 1. The molecule has 2 nitrogen and oxygen atoms in total. The SMILES string of the molecule is COc1ccc(C(N)c2ccc(C)cc2F)c(Br)c1. The van der Waals surface area contributed by atoms with E-state index in [0.717, 1.165) is 21.3 Å². The lowest BCUT2D eigenvalue weighted by Gasteiger charge is -2.16. The number of benzene rings is 2. The lowest BCUT2D eigenvalue weighted by atomic mass is 9.98. The molecule has 0 aliphatic carbocycles. The van der Waals surface area contributed by atoms with Gasteiger partial charge >= 0.3 is 0 Å². The van der Waals surface area contributed by atoms with Crippen LogP contribution < -0.4 is 10.5 Å². The van der Waals surface area contributed by atoms with Crippen LogP contribution in [0, 0.1) is 12.7 Å². The molecule has 0 fully saturated rings. The van der Waals surface area contributed by atoms with E-state index in [4.69, 9.17) is 10.5 Å². The van der Waals surface area contributed by atoms with Gasteiger partial charge in [0.1, 0.15) is 11.6 Å². The van der Waals surface area contributed by atoms with Gasteiger partial charge in [0.05, 0.1) is 13.2 Å². The molecule has 1 atom stereocenters. The largest absolute Gasteiger partial charge is 0.497 e. The number of aryl methyl sites for hydroxylation is 1. The molecule has 0 bridgehead atoms. The summed E-state index contributed by atoms with van der Waals surface area (Å²) in [5.74, 6) is 0.447. The van der Waals surface area contributed by atoms with Gasteiger partial charge in [-0.25, -0.2) is 4.39 Å². The van der Waals surface area contributed by atoms with Crippen LogP contribution in [0.1, 0.15) is 22.7 Å². The molecule has 0 radical (unpaired) electrons. The minimum absolute atomic E-state index is 0.282. The van der Waals surface area contributed by atoms with Crippen LogP contribution in [0.15, 0.2) is 40.9 Å². The molecule has 2 N–H and O–H groups in total. The molecule has 1 unspecified atom stereocenters. The third-order valence-corrected chi connectivity index (χ3v) is 3.72. The summed E-state index contributed by atoms with van der Waals surface area (Å²) in [5, 5.41) is 0. The zero-order chi connectivity index (χ0) is 14.0. The number of halogens is 2.